The molecule has 0 saturated carbocycles. The van der Waals surface area contributed by atoms with E-state index in [4.69, 9.17) is 0 Å². The lowest BCUT2D eigenvalue weighted by molar-refractivity contribution is 1.28. The van der Waals surface area contributed by atoms with Gasteiger partial charge in [-0.15, -0.1) is 0 Å². The number of hydrogen-bond donors (Lipinski definition) is 0. The van der Waals surface area contributed by atoms with Crippen molar-refractivity contribution in [1.82, 2.24) is 4.98 Å². The molecule has 0 aliphatic heterocycles. The molecule has 0 aliphatic carbocycles. The summed E-state index contributed by atoms with van der Waals surface area (Å²) in [6, 6.07) is 29.5. The van der Waals surface area contributed by atoms with E-state index in [0.717, 1.165) is 28.0 Å². The molecule has 0 N–H and O–H groups in total. The van der Waals surface area contributed by atoms with E-state index in [2.05, 4.69) is 89.6 Å². The van der Waals surface area contributed by atoms with Gasteiger partial charge in [-0.1, -0.05) is 42.0 Å². The van der Waals surface area contributed by atoms with Crippen LogP contribution in [0.3, 0.4) is 0 Å². The zero-order valence-electron chi connectivity index (χ0n) is 13.6. The summed E-state index contributed by atoms with van der Waals surface area (Å²) in [5, 5.41) is 1.14. The van der Waals surface area contributed by atoms with Crippen molar-refractivity contribution in [2.45, 2.75) is 6.92 Å². The zero-order valence-corrected chi connectivity index (χ0v) is 13.6. The topological polar surface area (TPSA) is 16.1 Å². The summed E-state index contributed by atoms with van der Waals surface area (Å²) in [7, 11) is 0. The summed E-state index contributed by atoms with van der Waals surface area (Å²) in [5.74, 6) is 0. The SMILES string of the molecule is Cc1ccc(N(c2ccccc2)c2ccc3ncccc3c2)cc1. The van der Waals surface area contributed by atoms with Crippen molar-refractivity contribution in [2.24, 2.45) is 0 Å². The second-order valence-corrected chi connectivity index (χ2v) is 5.89. The van der Waals surface area contributed by atoms with Crippen LogP contribution in [-0.4, -0.2) is 4.98 Å². The molecule has 0 amide bonds. The van der Waals surface area contributed by atoms with E-state index in [1.165, 1.54) is 5.56 Å². The maximum absolute atomic E-state index is 4.42. The van der Waals surface area contributed by atoms with Crippen molar-refractivity contribution in [3.63, 3.8) is 0 Å². The standard InChI is InChI=1S/C22H18N2/c1-17-9-11-20(12-10-17)24(19-7-3-2-4-8-19)21-13-14-22-18(16-21)6-5-15-23-22/h2-16H,1H3. The largest absolute Gasteiger partial charge is 0.310 e. The average molecular weight is 310 g/mol. The first-order valence-electron chi connectivity index (χ1n) is 8.08. The van der Waals surface area contributed by atoms with Crippen LogP contribution in [0.2, 0.25) is 0 Å². The second-order valence-electron chi connectivity index (χ2n) is 5.89. The van der Waals surface area contributed by atoms with Crippen LogP contribution >= 0.6 is 0 Å². The smallest absolute Gasteiger partial charge is 0.0703 e. The van der Waals surface area contributed by atoms with E-state index >= 15 is 0 Å². The number of nitrogens with zero attached hydrogens (tertiary/aromatic N) is 2. The number of benzene rings is 3. The zero-order chi connectivity index (χ0) is 16.4. The lowest BCUT2D eigenvalue weighted by Gasteiger charge is -2.25. The van der Waals surface area contributed by atoms with Crippen LogP contribution in [0.25, 0.3) is 10.9 Å². The van der Waals surface area contributed by atoms with Gasteiger partial charge in [0.2, 0.25) is 0 Å². The minimum atomic E-state index is 1.01. The van der Waals surface area contributed by atoms with Crippen LogP contribution in [0.5, 0.6) is 0 Å². The maximum Gasteiger partial charge on any atom is 0.0703 e. The molecule has 0 bridgehead atoms. The van der Waals surface area contributed by atoms with Gasteiger partial charge in [0, 0.05) is 28.6 Å². The monoisotopic (exact) mass is 310 g/mol. The van der Waals surface area contributed by atoms with Gasteiger partial charge in [0.05, 0.1) is 5.52 Å². The third-order valence-electron chi connectivity index (χ3n) is 4.15. The molecule has 2 nitrogen and oxygen atoms in total. The Bertz CT molecular complexity index is 960. The Kier molecular flexibility index (Phi) is 3.72. The lowest BCUT2D eigenvalue weighted by Crippen LogP contribution is -2.09. The number of hydrogen-bond acceptors (Lipinski definition) is 2. The minimum Gasteiger partial charge on any atom is -0.310 e. The van der Waals surface area contributed by atoms with Crippen LogP contribution < -0.4 is 4.90 Å². The summed E-state index contributed by atoms with van der Waals surface area (Å²) in [5.41, 5.74) is 5.69. The molecule has 0 unspecified atom stereocenters. The van der Waals surface area contributed by atoms with E-state index in [-0.39, 0.29) is 0 Å². The molecule has 0 aliphatic rings. The quantitative estimate of drug-likeness (QED) is 0.460. The molecule has 0 fully saturated rings. The Balaban J connectivity index is 1.89. The summed E-state index contributed by atoms with van der Waals surface area (Å²) in [6.07, 6.45) is 1.83. The molecule has 0 atom stereocenters. The van der Waals surface area contributed by atoms with Gasteiger partial charge in [0.25, 0.3) is 0 Å². The van der Waals surface area contributed by atoms with Gasteiger partial charge in [-0.3, -0.25) is 4.98 Å². The van der Waals surface area contributed by atoms with Crippen LogP contribution in [0.4, 0.5) is 17.1 Å². The number of fused-ring (bicyclic) bond motifs is 1. The first-order chi connectivity index (χ1) is 11.8. The molecule has 0 saturated heterocycles. The fourth-order valence-electron chi connectivity index (χ4n) is 2.92. The number of para-hydroxylation sites is 1. The number of aromatic nitrogens is 1. The fraction of sp³-hybridized carbons (Fsp3) is 0.0455. The summed E-state index contributed by atoms with van der Waals surface area (Å²) >= 11 is 0. The minimum absolute atomic E-state index is 1.01. The van der Waals surface area contributed by atoms with E-state index in [1.807, 2.05) is 18.3 Å². The predicted molar refractivity (Wildman–Crippen MR) is 101 cm³/mol. The molecule has 4 rings (SSSR count). The summed E-state index contributed by atoms with van der Waals surface area (Å²) in [4.78, 5) is 6.69. The van der Waals surface area contributed by atoms with Gasteiger partial charge < -0.3 is 4.90 Å². The van der Waals surface area contributed by atoms with Gasteiger partial charge in [0.1, 0.15) is 0 Å². The fourth-order valence-corrected chi connectivity index (χ4v) is 2.92. The van der Waals surface area contributed by atoms with Crippen LogP contribution in [0.15, 0.2) is 91.1 Å². The molecule has 0 spiro atoms. The molecule has 24 heavy (non-hydrogen) atoms. The molecule has 4 aromatic rings. The number of aryl methyl sites for hydroxylation is 1. The Morgan fingerprint density at radius 3 is 2.17 bits per heavy atom. The highest BCUT2D eigenvalue weighted by atomic mass is 15.1. The van der Waals surface area contributed by atoms with Crippen molar-refractivity contribution >= 4 is 28.0 Å². The van der Waals surface area contributed by atoms with Crippen LogP contribution in [0, 0.1) is 6.92 Å². The molecular weight excluding hydrogens is 292 g/mol. The maximum atomic E-state index is 4.42. The van der Waals surface area contributed by atoms with Gasteiger partial charge in [0.15, 0.2) is 0 Å². The Morgan fingerprint density at radius 1 is 0.667 bits per heavy atom. The number of anilines is 3. The Morgan fingerprint density at radius 2 is 1.38 bits per heavy atom. The van der Waals surface area contributed by atoms with Gasteiger partial charge in [-0.2, -0.15) is 0 Å². The van der Waals surface area contributed by atoms with Crippen molar-refractivity contribution in [3.8, 4) is 0 Å². The van der Waals surface area contributed by atoms with Gasteiger partial charge in [-0.25, -0.2) is 0 Å². The Labute approximate surface area is 142 Å². The van der Waals surface area contributed by atoms with Crippen molar-refractivity contribution in [1.29, 1.82) is 0 Å². The van der Waals surface area contributed by atoms with E-state index < -0.39 is 0 Å². The highest BCUT2D eigenvalue weighted by Gasteiger charge is 2.12. The summed E-state index contributed by atoms with van der Waals surface area (Å²) in [6.45, 7) is 2.11. The molecule has 3 aromatic carbocycles. The van der Waals surface area contributed by atoms with E-state index in [9.17, 15) is 0 Å². The summed E-state index contributed by atoms with van der Waals surface area (Å²) < 4.78 is 0. The van der Waals surface area contributed by atoms with Crippen molar-refractivity contribution < 1.29 is 0 Å². The third kappa shape index (κ3) is 2.74. The van der Waals surface area contributed by atoms with Gasteiger partial charge >= 0.3 is 0 Å². The van der Waals surface area contributed by atoms with Crippen molar-refractivity contribution in [2.75, 3.05) is 4.90 Å². The van der Waals surface area contributed by atoms with E-state index in [1.54, 1.807) is 0 Å². The number of rotatable bonds is 3. The van der Waals surface area contributed by atoms with Gasteiger partial charge in [-0.05, 0) is 55.5 Å². The molecule has 1 aromatic heterocycles. The van der Waals surface area contributed by atoms with Crippen LogP contribution in [-0.2, 0) is 0 Å². The molecule has 116 valence electrons. The molecule has 2 heteroatoms. The predicted octanol–water partition coefficient (Wildman–Crippen LogP) is 6.01. The third-order valence-corrected chi connectivity index (χ3v) is 4.15. The van der Waals surface area contributed by atoms with Crippen LogP contribution in [0.1, 0.15) is 5.56 Å². The first kappa shape index (κ1) is 14.5. The highest BCUT2D eigenvalue weighted by molar-refractivity contribution is 5.86. The highest BCUT2D eigenvalue weighted by Crippen LogP contribution is 2.35. The first-order valence-corrected chi connectivity index (χ1v) is 8.08. The average Bonchev–Trinajstić information content (AvgIpc) is 2.64. The van der Waals surface area contributed by atoms with Crippen molar-refractivity contribution in [3.05, 3.63) is 96.7 Å². The molecule has 1 heterocycles. The number of pyridine rings is 1. The molecule has 0 radical (unpaired) electrons. The second kappa shape index (κ2) is 6.17. The molecular formula is C22H18N2. The Hall–Kier alpha value is -3.13. The normalized spacial score (nSPS) is 10.7. The lowest BCUT2D eigenvalue weighted by atomic mass is 10.1. The van der Waals surface area contributed by atoms with E-state index in [0.29, 0.717) is 0 Å².